The molecule has 1 heterocycles. The van der Waals surface area contributed by atoms with Crippen LogP contribution in [0.1, 0.15) is 26.3 Å². The van der Waals surface area contributed by atoms with E-state index in [1.54, 1.807) is 0 Å². The maximum Gasteiger partial charge on any atom is 0.0503 e. The summed E-state index contributed by atoms with van der Waals surface area (Å²) in [6, 6.07) is 10.7. The first-order valence-electron chi connectivity index (χ1n) is 6.97. The minimum Gasteiger partial charge on any atom is -0.308 e. The summed E-state index contributed by atoms with van der Waals surface area (Å²) in [6.07, 6.45) is 3.83. The van der Waals surface area contributed by atoms with Crippen LogP contribution in [0, 0.1) is 0 Å². The van der Waals surface area contributed by atoms with Crippen LogP contribution >= 0.6 is 11.8 Å². The Morgan fingerprint density at radius 3 is 2.80 bits per heavy atom. The van der Waals surface area contributed by atoms with Gasteiger partial charge in [0.1, 0.15) is 0 Å². The summed E-state index contributed by atoms with van der Waals surface area (Å²) in [5.41, 5.74) is 1.49. The average molecular weight is 289 g/mol. The molecule has 0 unspecified atom stereocenters. The van der Waals surface area contributed by atoms with Gasteiger partial charge in [-0.2, -0.15) is 5.10 Å². The third kappa shape index (κ3) is 5.39. The molecule has 2 rings (SSSR count). The molecule has 1 aromatic heterocycles. The molecule has 0 aliphatic heterocycles. The van der Waals surface area contributed by atoms with E-state index in [2.05, 4.69) is 55.5 Å². The zero-order valence-corrected chi connectivity index (χ0v) is 13.3. The van der Waals surface area contributed by atoms with E-state index in [1.165, 1.54) is 10.5 Å². The monoisotopic (exact) mass is 289 g/mol. The first kappa shape index (κ1) is 15.1. The zero-order chi connectivity index (χ0) is 14.4. The van der Waals surface area contributed by atoms with Crippen molar-refractivity contribution in [2.75, 3.05) is 5.75 Å². The molecular formula is C16H23N3S. The van der Waals surface area contributed by atoms with Crippen molar-refractivity contribution in [1.82, 2.24) is 15.1 Å². The van der Waals surface area contributed by atoms with Gasteiger partial charge in [0.15, 0.2) is 0 Å². The van der Waals surface area contributed by atoms with Gasteiger partial charge >= 0.3 is 0 Å². The molecule has 0 saturated carbocycles. The van der Waals surface area contributed by atoms with E-state index in [0.717, 1.165) is 18.8 Å². The molecule has 20 heavy (non-hydrogen) atoms. The van der Waals surface area contributed by atoms with E-state index in [0.29, 0.717) is 0 Å². The van der Waals surface area contributed by atoms with Gasteiger partial charge in [0.25, 0.3) is 0 Å². The molecule has 4 heteroatoms. The highest BCUT2D eigenvalue weighted by atomic mass is 32.2. The number of rotatable bonds is 6. The van der Waals surface area contributed by atoms with Crippen LogP contribution in [-0.4, -0.2) is 21.1 Å². The first-order chi connectivity index (χ1) is 9.53. The van der Waals surface area contributed by atoms with Crippen molar-refractivity contribution in [3.8, 4) is 0 Å². The van der Waals surface area contributed by atoms with E-state index >= 15 is 0 Å². The molecule has 1 aromatic carbocycles. The largest absolute Gasteiger partial charge is 0.308 e. The smallest absolute Gasteiger partial charge is 0.0503 e. The van der Waals surface area contributed by atoms with Crippen LogP contribution in [0.4, 0.5) is 0 Å². The first-order valence-corrected chi connectivity index (χ1v) is 7.96. The number of nitrogens with zero attached hydrogens (tertiary/aromatic N) is 2. The Labute approximate surface area is 125 Å². The van der Waals surface area contributed by atoms with Gasteiger partial charge in [-0.3, -0.25) is 4.68 Å². The van der Waals surface area contributed by atoms with Gasteiger partial charge in [0, 0.05) is 35.1 Å². The molecule has 0 aliphatic carbocycles. The van der Waals surface area contributed by atoms with Gasteiger partial charge < -0.3 is 5.32 Å². The van der Waals surface area contributed by atoms with Gasteiger partial charge in [-0.1, -0.05) is 12.1 Å². The molecule has 0 amide bonds. The Hall–Kier alpha value is -1.26. The second-order valence-electron chi connectivity index (χ2n) is 5.87. The third-order valence-corrected chi connectivity index (χ3v) is 3.84. The molecule has 0 saturated heterocycles. The van der Waals surface area contributed by atoms with Crippen molar-refractivity contribution >= 4 is 11.8 Å². The molecular weight excluding hydrogens is 266 g/mol. The lowest BCUT2D eigenvalue weighted by Crippen LogP contribution is -2.35. The number of nitrogens with one attached hydrogen (secondary N) is 1. The van der Waals surface area contributed by atoms with Gasteiger partial charge in [0.05, 0.1) is 6.54 Å². The summed E-state index contributed by atoms with van der Waals surface area (Å²) in [5.74, 6) is 1.04. The number of hydrogen-bond donors (Lipinski definition) is 1. The van der Waals surface area contributed by atoms with Crippen LogP contribution in [0.15, 0.2) is 47.6 Å². The highest BCUT2D eigenvalue weighted by molar-refractivity contribution is 7.99. The van der Waals surface area contributed by atoms with Crippen LogP contribution < -0.4 is 5.32 Å². The fraction of sp³-hybridized carbons (Fsp3) is 0.438. The van der Waals surface area contributed by atoms with E-state index in [4.69, 9.17) is 0 Å². The fourth-order valence-corrected chi connectivity index (χ4v) is 2.73. The predicted octanol–water partition coefficient (Wildman–Crippen LogP) is 3.56. The molecule has 3 nitrogen and oxygen atoms in total. The lowest BCUT2D eigenvalue weighted by Gasteiger charge is -2.20. The second-order valence-corrected chi connectivity index (χ2v) is 7.04. The van der Waals surface area contributed by atoms with Gasteiger partial charge in [0.2, 0.25) is 0 Å². The standard InChI is InChI=1S/C16H23N3S/c1-16(2,3)17-13-14-6-4-7-15(12-14)20-11-10-19-9-5-8-18-19/h4-9,12,17H,10-11,13H2,1-3H3. The summed E-state index contributed by atoms with van der Waals surface area (Å²) >= 11 is 1.88. The quantitative estimate of drug-likeness (QED) is 0.825. The Bertz CT molecular complexity index is 515. The van der Waals surface area contributed by atoms with Gasteiger partial charge in [-0.15, -0.1) is 11.8 Å². The summed E-state index contributed by atoms with van der Waals surface area (Å²) in [4.78, 5) is 1.32. The molecule has 1 N–H and O–H groups in total. The lowest BCUT2D eigenvalue weighted by molar-refractivity contribution is 0.424. The zero-order valence-electron chi connectivity index (χ0n) is 12.5. The predicted molar refractivity (Wildman–Crippen MR) is 86.0 cm³/mol. The Balaban J connectivity index is 1.83. The van der Waals surface area contributed by atoms with Crippen molar-refractivity contribution in [1.29, 1.82) is 0 Å². The SMILES string of the molecule is CC(C)(C)NCc1cccc(SCCn2cccn2)c1. The van der Waals surface area contributed by atoms with Crippen molar-refractivity contribution in [2.24, 2.45) is 0 Å². The molecule has 0 aliphatic rings. The molecule has 0 spiro atoms. The number of aromatic nitrogens is 2. The van der Waals surface area contributed by atoms with Crippen molar-refractivity contribution < 1.29 is 0 Å². The maximum absolute atomic E-state index is 4.21. The lowest BCUT2D eigenvalue weighted by atomic mass is 10.1. The fourth-order valence-electron chi connectivity index (χ4n) is 1.80. The normalized spacial score (nSPS) is 11.8. The summed E-state index contributed by atoms with van der Waals surface area (Å²) in [5, 5.41) is 7.74. The number of thioether (sulfide) groups is 1. The molecule has 0 fully saturated rings. The highest BCUT2D eigenvalue weighted by Crippen LogP contribution is 2.19. The maximum atomic E-state index is 4.21. The molecule has 0 atom stereocenters. The van der Waals surface area contributed by atoms with E-state index < -0.39 is 0 Å². The van der Waals surface area contributed by atoms with E-state index in [1.807, 2.05) is 34.9 Å². The van der Waals surface area contributed by atoms with E-state index in [-0.39, 0.29) is 5.54 Å². The minimum absolute atomic E-state index is 0.156. The van der Waals surface area contributed by atoms with Crippen LogP contribution in [0.3, 0.4) is 0 Å². The Morgan fingerprint density at radius 2 is 2.10 bits per heavy atom. The average Bonchev–Trinajstić information content (AvgIpc) is 2.89. The van der Waals surface area contributed by atoms with Gasteiger partial charge in [-0.05, 0) is 44.5 Å². The molecule has 0 radical (unpaired) electrons. The van der Waals surface area contributed by atoms with Gasteiger partial charge in [-0.25, -0.2) is 0 Å². The Kier molecular flexibility index (Phi) is 5.26. The second kappa shape index (κ2) is 6.95. The third-order valence-electron chi connectivity index (χ3n) is 2.87. The molecule has 108 valence electrons. The number of benzene rings is 1. The highest BCUT2D eigenvalue weighted by Gasteiger charge is 2.08. The summed E-state index contributed by atoms with van der Waals surface area (Å²) in [7, 11) is 0. The van der Waals surface area contributed by atoms with Crippen molar-refractivity contribution in [3.05, 3.63) is 48.3 Å². The molecule has 2 aromatic rings. The van der Waals surface area contributed by atoms with Crippen molar-refractivity contribution in [3.63, 3.8) is 0 Å². The van der Waals surface area contributed by atoms with Crippen LogP contribution in [0.2, 0.25) is 0 Å². The van der Waals surface area contributed by atoms with Crippen LogP contribution in [0.5, 0.6) is 0 Å². The summed E-state index contributed by atoms with van der Waals surface area (Å²) < 4.78 is 1.97. The van der Waals surface area contributed by atoms with Crippen LogP contribution in [0.25, 0.3) is 0 Å². The number of aryl methyl sites for hydroxylation is 1. The van der Waals surface area contributed by atoms with Crippen LogP contribution in [-0.2, 0) is 13.1 Å². The van der Waals surface area contributed by atoms with E-state index in [9.17, 15) is 0 Å². The topological polar surface area (TPSA) is 29.9 Å². The Morgan fingerprint density at radius 1 is 1.25 bits per heavy atom. The number of hydrogen-bond acceptors (Lipinski definition) is 3. The molecule has 0 bridgehead atoms. The van der Waals surface area contributed by atoms with Crippen molar-refractivity contribution in [2.45, 2.75) is 44.3 Å². The summed E-state index contributed by atoms with van der Waals surface area (Å²) in [6.45, 7) is 8.43. The minimum atomic E-state index is 0.156.